The minimum absolute atomic E-state index is 0.116. The van der Waals surface area contributed by atoms with Gasteiger partial charge in [-0.05, 0) is 23.6 Å². The summed E-state index contributed by atoms with van der Waals surface area (Å²) in [7, 11) is 0. The Kier molecular flexibility index (Phi) is 1.81. The number of carboxylic acid groups (broad SMARTS) is 1. The third-order valence-electron chi connectivity index (χ3n) is 2.04. The number of hydrogen-bond acceptors (Lipinski definition) is 3. The van der Waals surface area contributed by atoms with Gasteiger partial charge in [-0.2, -0.15) is 0 Å². The Bertz CT molecular complexity index is 508. The van der Waals surface area contributed by atoms with Crippen molar-refractivity contribution in [3.05, 3.63) is 36.2 Å². The van der Waals surface area contributed by atoms with Crippen molar-refractivity contribution in [3.63, 3.8) is 0 Å². The molecule has 0 unspecified atom stereocenters. The van der Waals surface area contributed by atoms with E-state index in [1.165, 1.54) is 6.07 Å². The van der Waals surface area contributed by atoms with Crippen molar-refractivity contribution in [2.75, 3.05) is 5.73 Å². The maximum atomic E-state index is 10.8. The van der Waals surface area contributed by atoms with E-state index in [1.54, 1.807) is 24.5 Å². The highest BCUT2D eigenvalue weighted by Crippen LogP contribution is 2.20. The molecule has 3 N–H and O–H groups in total. The molecular weight excluding hydrogens is 180 g/mol. The summed E-state index contributed by atoms with van der Waals surface area (Å²) in [6, 6.07) is 4.96. The van der Waals surface area contributed by atoms with Crippen LogP contribution in [0.1, 0.15) is 10.4 Å². The van der Waals surface area contributed by atoms with Gasteiger partial charge in [-0.25, -0.2) is 4.79 Å². The summed E-state index contributed by atoms with van der Waals surface area (Å²) in [6.07, 6.45) is 3.25. The van der Waals surface area contributed by atoms with Gasteiger partial charge in [-0.15, -0.1) is 0 Å². The number of nitrogen functional groups attached to an aromatic ring is 1. The minimum Gasteiger partial charge on any atom is -0.478 e. The van der Waals surface area contributed by atoms with Crippen molar-refractivity contribution in [2.45, 2.75) is 0 Å². The predicted octanol–water partition coefficient (Wildman–Crippen LogP) is 1.52. The lowest BCUT2D eigenvalue weighted by atomic mass is 10.1. The maximum Gasteiger partial charge on any atom is 0.337 e. The third kappa shape index (κ3) is 1.26. The molecule has 1 aromatic heterocycles. The molecule has 0 saturated carbocycles. The highest BCUT2D eigenvalue weighted by molar-refractivity contribution is 5.99. The van der Waals surface area contributed by atoms with E-state index in [4.69, 9.17) is 10.8 Å². The van der Waals surface area contributed by atoms with Crippen molar-refractivity contribution in [3.8, 4) is 0 Å². The van der Waals surface area contributed by atoms with E-state index >= 15 is 0 Å². The number of pyridine rings is 1. The molecule has 0 aliphatic rings. The van der Waals surface area contributed by atoms with Crippen LogP contribution in [0.4, 0.5) is 5.69 Å². The molecule has 1 aromatic carbocycles. The molecule has 0 amide bonds. The molecule has 70 valence electrons. The zero-order valence-electron chi connectivity index (χ0n) is 7.27. The van der Waals surface area contributed by atoms with Gasteiger partial charge in [0.05, 0.1) is 5.56 Å². The second-order valence-corrected chi connectivity index (χ2v) is 2.97. The second kappa shape index (κ2) is 2.99. The molecule has 0 atom stereocenters. The van der Waals surface area contributed by atoms with Crippen LogP contribution in [0, 0.1) is 0 Å². The van der Waals surface area contributed by atoms with Crippen molar-refractivity contribution in [1.82, 2.24) is 4.98 Å². The second-order valence-electron chi connectivity index (χ2n) is 2.97. The number of nitrogens with zero attached hydrogens (tertiary/aromatic N) is 1. The number of carbonyl (C=O) groups is 1. The molecule has 0 saturated heterocycles. The molecule has 4 nitrogen and oxygen atoms in total. The van der Waals surface area contributed by atoms with Crippen LogP contribution in [0.3, 0.4) is 0 Å². The smallest absolute Gasteiger partial charge is 0.337 e. The Morgan fingerprint density at radius 3 is 2.86 bits per heavy atom. The van der Waals surface area contributed by atoms with E-state index in [0.29, 0.717) is 0 Å². The molecular formula is C10H8N2O2. The number of carboxylic acids is 1. The van der Waals surface area contributed by atoms with E-state index in [-0.39, 0.29) is 11.3 Å². The Labute approximate surface area is 80.0 Å². The fourth-order valence-electron chi connectivity index (χ4n) is 1.34. The average Bonchev–Trinajstić information content (AvgIpc) is 2.16. The first-order chi connectivity index (χ1) is 6.68. The number of hydrogen-bond donors (Lipinski definition) is 2. The van der Waals surface area contributed by atoms with E-state index in [9.17, 15) is 4.79 Å². The predicted molar refractivity (Wildman–Crippen MR) is 53.1 cm³/mol. The number of aromatic nitrogens is 1. The highest BCUT2D eigenvalue weighted by Gasteiger charge is 2.08. The lowest BCUT2D eigenvalue weighted by molar-refractivity contribution is 0.0698. The number of rotatable bonds is 1. The Morgan fingerprint density at radius 2 is 2.14 bits per heavy atom. The topological polar surface area (TPSA) is 76.2 Å². The SMILES string of the molecule is Nc1cc2ccncc2cc1C(=O)O. The molecule has 14 heavy (non-hydrogen) atoms. The van der Waals surface area contributed by atoms with Gasteiger partial charge in [0.25, 0.3) is 0 Å². The van der Waals surface area contributed by atoms with Gasteiger partial charge in [0.1, 0.15) is 0 Å². The van der Waals surface area contributed by atoms with Crippen molar-refractivity contribution in [2.24, 2.45) is 0 Å². The van der Waals surface area contributed by atoms with Crippen LogP contribution in [0.15, 0.2) is 30.6 Å². The monoisotopic (exact) mass is 188 g/mol. The largest absolute Gasteiger partial charge is 0.478 e. The van der Waals surface area contributed by atoms with Crippen LogP contribution >= 0.6 is 0 Å². The summed E-state index contributed by atoms with van der Waals surface area (Å²) in [4.78, 5) is 14.7. The molecule has 0 aliphatic carbocycles. The van der Waals surface area contributed by atoms with Gasteiger partial charge < -0.3 is 10.8 Å². The molecule has 4 heteroatoms. The van der Waals surface area contributed by atoms with Crippen LogP contribution in [0.25, 0.3) is 10.8 Å². The van der Waals surface area contributed by atoms with Crippen LogP contribution in [-0.4, -0.2) is 16.1 Å². The summed E-state index contributed by atoms with van der Waals surface area (Å²) in [5.41, 5.74) is 5.98. The first-order valence-electron chi connectivity index (χ1n) is 4.05. The fourth-order valence-corrected chi connectivity index (χ4v) is 1.34. The lowest BCUT2D eigenvalue weighted by Gasteiger charge is -2.02. The summed E-state index contributed by atoms with van der Waals surface area (Å²) in [6.45, 7) is 0. The van der Waals surface area contributed by atoms with Gasteiger partial charge in [0.15, 0.2) is 0 Å². The van der Waals surface area contributed by atoms with E-state index < -0.39 is 5.97 Å². The summed E-state index contributed by atoms with van der Waals surface area (Å²) >= 11 is 0. The Morgan fingerprint density at radius 1 is 1.36 bits per heavy atom. The number of benzene rings is 1. The van der Waals surface area contributed by atoms with E-state index in [1.807, 2.05) is 0 Å². The van der Waals surface area contributed by atoms with E-state index in [2.05, 4.69) is 4.98 Å². The summed E-state index contributed by atoms with van der Waals surface area (Å²) < 4.78 is 0. The van der Waals surface area contributed by atoms with Crippen LogP contribution in [-0.2, 0) is 0 Å². The van der Waals surface area contributed by atoms with Crippen molar-refractivity contribution < 1.29 is 9.90 Å². The molecule has 1 heterocycles. The number of aromatic carboxylic acids is 1. The van der Waals surface area contributed by atoms with Gasteiger partial charge in [-0.3, -0.25) is 4.98 Å². The minimum atomic E-state index is -1.02. The van der Waals surface area contributed by atoms with Crippen LogP contribution in [0.5, 0.6) is 0 Å². The van der Waals surface area contributed by atoms with Gasteiger partial charge >= 0.3 is 5.97 Å². The highest BCUT2D eigenvalue weighted by atomic mass is 16.4. The molecule has 0 spiro atoms. The molecule has 0 bridgehead atoms. The summed E-state index contributed by atoms with van der Waals surface area (Å²) in [5.74, 6) is -1.02. The van der Waals surface area contributed by atoms with Gasteiger partial charge in [0.2, 0.25) is 0 Å². The number of anilines is 1. The summed E-state index contributed by atoms with van der Waals surface area (Å²) in [5, 5.41) is 10.5. The standard InChI is InChI=1S/C10H8N2O2/c11-9-4-6-1-2-12-5-7(6)3-8(9)10(13)14/h1-5H,11H2,(H,13,14). The molecule has 2 aromatic rings. The van der Waals surface area contributed by atoms with Crippen LogP contribution < -0.4 is 5.73 Å². The zero-order chi connectivity index (χ0) is 10.1. The first-order valence-corrected chi connectivity index (χ1v) is 4.05. The number of fused-ring (bicyclic) bond motifs is 1. The van der Waals surface area contributed by atoms with Crippen molar-refractivity contribution in [1.29, 1.82) is 0 Å². The molecule has 0 radical (unpaired) electrons. The Hall–Kier alpha value is -2.10. The number of nitrogens with two attached hydrogens (primary N) is 1. The molecule has 2 rings (SSSR count). The first kappa shape index (κ1) is 8.50. The average molecular weight is 188 g/mol. The Balaban J connectivity index is 2.77. The molecule has 0 fully saturated rings. The third-order valence-corrected chi connectivity index (χ3v) is 2.04. The fraction of sp³-hybridized carbons (Fsp3) is 0. The van der Waals surface area contributed by atoms with Crippen molar-refractivity contribution >= 4 is 22.4 Å². The van der Waals surface area contributed by atoms with Gasteiger partial charge in [-0.1, -0.05) is 0 Å². The normalized spacial score (nSPS) is 10.3. The zero-order valence-corrected chi connectivity index (χ0v) is 7.27. The van der Waals surface area contributed by atoms with E-state index in [0.717, 1.165) is 10.8 Å². The molecule has 0 aliphatic heterocycles. The van der Waals surface area contributed by atoms with Gasteiger partial charge in [0, 0.05) is 23.5 Å². The maximum absolute atomic E-state index is 10.8. The quantitative estimate of drug-likeness (QED) is 0.665. The lowest BCUT2D eigenvalue weighted by Crippen LogP contribution is -2.02. The van der Waals surface area contributed by atoms with Crippen LogP contribution in [0.2, 0.25) is 0 Å².